The van der Waals surface area contributed by atoms with E-state index in [4.69, 9.17) is 0 Å². The van der Waals surface area contributed by atoms with Crippen molar-refractivity contribution in [2.45, 2.75) is 33.6 Å². The highest BCUT2D eigenvalue weighted by atomic mass is 15.5. The smallest absolute Gasteiger partial charge is 0.205 e. The maximum absolute atomic E-state index is 4.37. The first kappa shape index (κ1) is 19.7. The summed E-state index contributed by atoms with van der Waals surface area (Å²) < 4.78 is 1.89. The largest absolute Gasteiger partial charge is 0.371 e. The van der Waals surface area contributed by atoms with Crippen molar-refractivity contribution in [3.8, 4) is 22.5 Å². The van der Waals surface area contributed by atoms with Crippen molar-refractivity contribution in [1.29, 1.82) is 0 Å². The van der Waals surface area contributed by atoms with Gasteiger partial charge < -0.3 is 4.90 Å². The Bertz CT molecular complexity index is 1190. The zero-order valence-corrected chi connectivity index (χ0v) is 18.6. The number of aryl methyl sites for hydroxylation is 1. The average molecular weight is 416 g/mol. The molecule has 0 radical (unpaired) electrons. The van der Waals surface area contributed by atoms with E-state index in [1.165, 1.54) is 18.5 Å². The molecule has 1 saturated heterocycles. The number of anilines is 1. The van der Waals surface area contributed by atoms with Gasteiger partial charge in [0.05, 0.1) is 11.7 Å². The Balaban J connectivity index is 1.51. The summed E-state index contributed by atoms with van der Waals surface area (Å²) >= 11 is 0. The summed E-state index contributed by atoms with van der Waals surface area (Å²) in [7, 11) is 1.96. The Labute approximate surface area is 182 Å². The Morgan fingerprint density at radius 2 is 1.81 bits per heavy atom. The van der Waals surface area contributed by atoms with Crippen LogP contribution in [-0.4, -0.2) is 43.5 Å². The average Bonchev–Trinajstić information content (AvgIpc) is 3.43. The summed E-state index contributed by atoms with van der Waals surface area (Å²) in [5, 5.41) is 20.5. The molecule has 31 heavy (non-hydrogen) atoms. The molecule has 0 spiro atoms. The van der Waals surface area contributed by atoms with Gasteiger partial charge in [0.25, 0.3) is 0 Å². The van der Waals surface area contributed by atoms with Gasteiger partial charge in [-0.25, -0.2) is 0 Å². The van der Waals surface area contributed by atoms with Crippen LogP contribution < -0.4 is 4.90 Å². The molecule has 4 aromatic rings. The van der Waals surface area contributed by atoms with E-state index in [2.05, 4.69) is 87.8 Å². The van der Waals surface area contributed by atoms with E-state index in [0.29, 0.717) is 11.2 Å². The summed E-state index contributed by atoms with van der Waals surface area (Å²) in [6.07, 6.45) is 4.35. The van der Waals surface area contributed by atoms with Crippen LogP contribution in [0.3, 0.4) is 0 Å². The van der Waals surface area contributed by atoms with Gasteiger partial charge in [-0.15, -0.1) is 10.2 Å². The number of piperidine rings is 1. The van der Waals surface area contributed by atoms with Crippen LogP contribution in [0.5, 0.6) is 0 Å². The summed E-state index contributed by atoms with van der Waals surface area (Å²) in [6, 6.07) is 13.1. The van der Waals surface area contributed by atoms with Crippen molar-refractivity contribution in [2.75, 3.05) is 18.0 Å². The summed E-state index contributed by atoms with van der Waals surface area (Å²) in [6.45, 7) is 9.23. The molecule has 2 aromatic heterocycles. The van der Waals surface area contributed by atoms with Crippen LogP contribution in [0.15, 0.2) is 42.6 Å². The number of benzene rings is 2. The highest BCUT2D eigenvalue weighted by Gasteiger charge is 2.29. The third-order valence-corrected chi connectivity index (χ3v) is 6.73. The van der Waals surface area contributed by atoms with Gasteiger partial charge in [0, 0.05) is 36.8 Å². The second-order valence-electron chi connectivity index (χ2n) is 9.63. The van der Waals surface area contributed by atoms with Crippen LogP contribution in [0.25, 0.3) is 33.4 Å². The molecule has 3 heterocycles. The molecule has 0 bridgehead atoms. The zero-order chi connectivity index (χ0) is 21.6. The molecule has 2 aromatic carbocycles. The minimum atomic E-state index is 0.372. The maximum atomic E-state index is 4.37. The lowest BCUT2D eigenvalue weighted by molar-refractivity contribution is 0.199. The first-order chi connectivity index (χ1) is 14.9. The number of rotatable bonds is 3. The van der Waals surface area contributed by atoms with Crippen LogP contribution >= 0.6 is 0 Å². The Kier molecular flexibility index (Phi) is 4.76. The van der Waals surface area contributed by atoms with Crippen molar-refractivity contribution in [3.05, 3.63) is 42.6 Å². The van der Waals surface area contributed by atoms with E-state index in [-0.39, 0.29) is 0 Å². The number of nitrogens with zero attached hydrogens (tertiary/aromatic N) is 6. The molecule has 0 saturated carbocycles. The number of aromatic amines is 1. The topological polar surface area (TPSA) is 75.5 Å². The molecule has 0 unspecified atom stereocenters. The van der Waals surface area contributed by atoms with E-state index < -0.39 is 0 Å². The van der Waals surface area contributed by atoms with Gasteiger partial charge in [-0.2, -0.15) is 10.3 Å². The number of fused-ring (bicyclic) bond motifs is 1. The fourth-order valence-electron chi connectivity index (χ4n) is 4.78. The van der Waals surface area contributed by atoms with E-state index in [1.54, 1.807) is 0 Å². The third kappa shape index (κ3) is 3.69. The van der Waals surface area contributed by atoms with Crippen LogP contribution in [0, 0.1) is 11.3 Å². The molecule has 0 amide bonds. The molecule has 7 nitrogen and oxygen atoms in total. The molecule has 1 aliphatic rings. The highest BCUT2D eigenvalue weighted by Crippen LogP contribution is 2.38. The molecule has 0 atom stereocenters. The lowest BCUT2D eigenvalue weighted by atomic mass is 9.75. The third-order valence-electron chi connectivity index (χ3n) is 6.73. The standard InChI is InChI=1S/C24H29N7/c1-24(2,3)18-9-11-31(12-10-18)19-6-7-20(21(14-19)23-26-28-29-27-23)16-5-8-22-17(13-16)15-25-30(22)4/h5-8,13-15,18H,9-12H2,1-4H3,(H,26,27,28,29). The first-order valence-corrected chi connectivity index (χ1v) is 10.9. The van der Waals surface area contributed by atoms with Crippen LogP contribution in [0.1, 0.15) is 33.6 Å². The number of tetrazole rings is 1. The van der Waals surface area contributed by atoms with Crippen molar-refractivity contribution >= 4 is 16.6 Å². The monoisotopic (exact) mass is 415 g/mol. The number of nitrogens with one attached hydrogen (secondary N) is 1. The fraction of sp³-hybridized carbons (Fsp3) is 0.417. The van der Waals surface area contributed by atoms with Gasteiger partial charge in [-0.3, -0.25) is 4.68 Å². The SMILES string of the molecule is Cn1ncc2cc(-c3ccc(N4CCC(C(C)(C)C)CC4)cc3-c3nn[nH]n3)ccc21. The van der Waals surface area contributed by atoms with E-state index in [0.717, 1.165) is 46.6 Å². The Morgan fingerprint density at radius 1 is 1.00 bits per heavy atom. The molecule has 1 aliphatic heterocycles. The Morgan fingerprint density at radius 3 is 2.52 bits per heavy atom. The summed E-state index contributed by atoms with van der Waals surface area (Å²) in [5.74, 6) is 1.39. The van der Waals surface area contributed by atoms with Crippen LogP contribution in [0.2, 0.25) is 0 Å². The maximum Gasteiger partial charge on any atom is 0.205 e. The normalized spacial score (nSPS) is 15.7. The number of hydrogen-bond donors (Lipinski definition) is 1. The van der Waals surface area contributed by atoms with Crippen molar-refractivity contribution in [1.82, 2.24) is 30.4 Å². The molecular weight excluding hydrogens is 386 g/mol. The van der Waals surface area contributed by atoms with Crippen LogP contribution in [-0.2, 0) is 7.05 Å². The fourth-order valence-corrected chi connectivity index (χ4v) is 4.78. The van der Waals surface area contributed by atoms with Gasteiger partial charge in [0.2, 0.25) is 5.82 Å². The second kappa shape index (κ2) is 7.48. The molecule has 7 heteroatoms. The minimum absolute atomic E-state index is 0.372. The molecular formula is C24H29N7. The lowest BCUT2D eigenvalue weighted by Crippen LogP contribution is -2.38. The van der Waals surface area contributed by atoms with Crippen molar-refractivity contribution in [2.24, 2.45) is 18.4 Å². The molecule has 1 fully saturated rings. The molecule has 1 N–H and O–H groups in total. The van der Waals surface area contributed by atoms with Gasteiger partial charge in [-0.1, -0.05) is 32.9 Å². The van der Waals surface area contributed by atoms with Gasteiger partial charge in [0.15, 0.2) is 0 Å². The lowest BCUT2D eigenvalue weighted by Gasteiger charge is -2.40. The number of hydrogen-bond acceptors (Lipinski definition) is 5. The predicted molar refractivity (Wildman–Crippen MR) is 124 cm³/mol. The van der Waals surface area contributed by atoms with E-state index in [9.17, 15) is 0 Å². The van der Waals surface area contributed by atoms with E-state index >= 15 is 0 Å². The zero-order valence-electron chi connectivity index (χ0n) is 18.6. The van der Waals surface area contributed by atoms with Gasteiger partial charge in [0.1, 0.15) is 0 Å². The van der Waals surface area contributed by atoms with Crippen molar-refractivity contribution < 1.29 is 0 Å². The predicted octanol–water partition coefficient (Wildman–Crippen LogP) is 4.68. The second-order valence-corrected chi connectivity index (χ2v) is 9.63. The van der Waals surface area contributed by atoms with Gasteiger partial charge in [-0.05, 0) is 64.8 Å². The molecule has 160 valence electrons. The molecule has 5 rings (SSSR count). The summed E-state index contributed by atoms with van der Waals surface area (Å²) in [5.41, 5.74) is 5.92. The highest BCUT2D eigenvalue weighted by molar-refractivity contribution is 5.89. The molecule has 0 aliphatic carbocycles. The first-order valence-electron chi connectivity index (χ1n) is 10.9. The van der Waals surface area contributed by atoms with E-state index in [1.807, 2.05) is 17.9 Å². The number of aromatic nitrogens is 6. The summed E-state index contributed by atoms with van der Waals surface area (Å²) in [4.78, 5) is 2.49. The quantitative estimate of drug-likeness (QED) is 0.526. The minimum Gasteiger partial charge on any atom is -0.371 e. The van der Waals surface area contributed by atoms with Gasteiger partial charge >= 0.3 is 0 Å². The number of H-pyrrole nitrogens is 1. The van der Waals surface area contributed by atoms with Crippen LogP contribution in [0.4, 0.5) is 5.69 Å². The Hall–Kier alpha value is -3.22. The van der Waals surface area contributed by atoms with Crippen molar-refractivity contribution in [3.63, 3.8) is 0 Å².